The van der Waals surface area contributed by atoms with Gasteiger partial charge < -0.3 is 24.1 Å². The van der Waals surface area contributed by atoms with Gasteiger partial charge in [0.25, 0.3) is 0 Å². The smallest absolute Gasteiger partial charge is 0.223 e. The number of carbonyl (C=O) groups excluding carboxylic acids is 1. The van der Waals surface area contributed by atoms with Gasteiger partial charge in [0, 0.05) is 38.1 Å². The van der Waals surface area contributed by atoms with Crippen LogP contribution in [0.15, 0.2) is 79.3 Å². The highest BCUT2D eigenvalue weighted by Crippen LogP contribution is 2.27. The second-order valence-corrected chi connectivity index (χ2v) is 9.29. The molecule has 1 amide bonds. The van der Waals surface area contributed by atoms with Crippen molar-refractivity contribution < 1.29 is 14.3 Å². The van der Waals surface area contributed by atoms with Gasteiger partial charge in [-0.2, -0.15) is 0 Å². The zero-order chi connectivity index (χ0) is 26.7. The zero-order valence-electron chi connectivity index (χ0n) is 22.4. The lowest BCUT2D eigenvalue weighted by Gasteiger charge is -2.17. The average molecular weight is 513 g/mol. The molecule has 0 unspecified atom stereocenters. The molecular weight excluding hydrogens is 476 g/mol. The van der Waals surface area contributed by atoms with Gasteiger partial charge in [-0.05, 0) is 73.0 Å². The lowest BCUT2D eigenvalue weighted by molar-refractivity contribution is -0.120. The molecule has 0 aliphatic carbocycles. The molecule has 0 aliphatic rings. The number of methoxy groups -OCH3 is 2. The summed E-state index contributed by atoms with van der Waals surface area (Å²) in [7, 11) is 5.40. The minimum Gasteiger partial charge on any atom is -0.493 e. The number of benzene rings is 2. The fraction of sp³-hybridized carbons (Fsp3) is 0.290. The monoisotopic (exact) mass is 512 g/mol. The van der Waals surface area contributed by atoms with E-state index in [1.165, 1.54) is 5.56 Å². The van der Waals surface area contributed by atoms with Crippen molar-refractivity contribution in [2.24, 2.45) is 0 Å². The summed E-state index contributed by atoms with van der Waals surface area (Å²) < 4.78 is 12.7. The van der Waals surface area contributed by atoms with Crippen LogP contribution in [0.3, 0.4) is 0 Å². The van der Waals surface area contributed by atoms with Crippen molar-refractivity contribution in [2.45, 2.75) is 19.3 Å². The lowest BCUT2D eigenvalue weighted by atomic mass is 10.1. The summed E-state index contributed by atoms with van der Waals surface area (Å²) in [4.78, 5) is 18.8. The van der Waals surface area contributed by atoms with Crippen molar-refractivity contribution in [1.82, 2.24) is 19.6 Å². The van der Waals surface area contributed by atoms with Gasteiger partial charge in [0.1, 0.15) is 5.65 Å². The Morgan fingerprint density at radius 1 is 1.00 bits per heavy atom. The molecule has 0 fully saturated rings. The number of aromatic nitrogens is 2. The molecule has 0 atom stereocenters. The van der Waals surface area contributed by atoms with Crippen LogP contribution in [-0.2, 0) is 11.2 Å². The van der Waals surface area contributed by atoms with E-state index in [-0.39, 0.29) is 5.91 Å². The fourth-order valence-corrected chi connectivity index (χ4v) is 4.30. The molecule has 38 heavy (non-hydrogen) atoms. The van der Waals surface area contributed by atoms with E-state index in [9.17, 15) is 4.79 Å². The number of amides is 1. The molecular formula is C31H36N4O3. The molecule has 7 nitrogen and oxygen atoms in total. The number of ether oxygens (including phenoxy) is 2. The summed E-state index contributed by atoms with van der Waals surface area (Å²) in [5, 5.41) is 3.01. The van der Waals surface area contributed by atoms with Crippen molar-refractivity contribution in [1.29, 1.82) is 0 Å². The zero-order valence-corrected chi connectivity index (χ0v) is 22.4. The Labute approximate surface area is 224 Å². The molecule has 1 N–H and O–H groups in total. The van der Waals surface area contributed by atoms with Gasteiger partial charge in [0.05, 0.1) is 14.2 Å². The number of hydrogen-bond donors (Lipinski definition) is 1. The molecule has 0 bridgehead atoms. The van der Waals surface area contributed by atoms with Gasteiger partial charge in [-0.25, -0.2) is 4.98 Å². The molecule has 0 spiro atoms. The third kappa shape index (κ3) is 7.46. The van der Waals surface area contributed by atoms with Gasteiger partial charge in [-0.3, -0.25) is 4.79 Å². The van der Waals surface area contributed by atoms with Gasteiger partial charge in [-0.15, -0.1) is 0 Å². The Balaban J connectivity index is 1.13. The number of imidazole rings is 1. The first-order valence-corrected chi connectivity index (χ1v) is 12.9. The molecule has 4 rings (SSSR count). The van der Waals surface area contributed by atoms with Crippen LogP contribution in [0.4, 0.5) is 0 Å². The summed E-state index contributed by atoms with van der Waals surface area (Å²) in [6.07, 6.45) is 11.9. The molecule has 2 heterocycles. The molecule has 0 radical (unpaired) electrons. The normalized spacial score (nSPS) is 11.4. The van der Waals surface area contributed by atoms with Crippen molar-refractivity contribution in [2.75, 3.05) is 40.9 Å². The fourth-order valence-electron chi connectivity index (χ4n) is 4.30. The summed E-state index contributed by atoms with van der Waals surface area (Å²) in [6.45, 7) is 2.52. The molecule has 7 heteroatoms. The van der Waals surface area contributed by atoms with Crippen LogP contribution in [-0.4, -0.2) is 61.1 Å². The number of fused-ring (bicyclic) bond motifs is 1. The average Bonchev–Trinajstić information content (AvgIpc) is 3.42. The molecule has 0 aliphatic heterocycles. The minimum atomic E-state index is 0.0412. The van der Waals surface area contributed by atoms with Crippen molar-refractivity contribution in [3.63, 3.8) is 0 Å². The molecule has 198 valence electrons. The minimum absolute atomic E-state index is 0.0412. The maximum Gasteiger partial charge on any atom is 0.223 e. The Morgan fingerprint density at radius 3 is 2.58 bits per heavy atom. The number of nitrogens with one attached hydrogen (secondary N) is 1. The van der Waals surface area contributed by atoms with E-state index < -0.39 is 0 Å². The van der Waals surface area contributed by atoms with Crippen molar-refractivity contribution >= 4 is 17.6 Å². The third-order valence-electron chi connectivity index (χ3n) is 6.52. The predicted molar refractivity (Wildman–Crippen MR) is 153 cm³/mol. The standard InChI is InChI=1S/C31H36N4O3/c1-34(20-16-25-10-14-28(37-2)29(22-25)38-3)19-5-17-33-31(36)7-4-6-24-8-11-26(12-9-24)27-13-15-30-32-18-21-35(30)23-27/h4,6,8-15,18,21-23H,5,7,16-17,19-20H2,1-3H3,(H,33,36). The number of hydrogen-bond acceptors (Lipinski definition) is 5. The maximum absolute atomic E-state index is 12.2. The van der Waals surface area contributed by atoms with Crippen LogP contribution in [0, 0.1) is 0 Å². The Bertz CT molecular complexity index is 1360. The van der Waals surface area contributed by atoms with Crippen molar-refractivity contribution in [3.05, 3.63) is 90.4 Å². The molecule has 4 aromatic rings. The van der Waals surface area contributed by atoms with Crippen LogP contribution < -0.4 is 14.8 Å². The third-order valence-corrected chi connectivity index (χ3v) is 6.52. The topological polar surface area (TPSA) is 68.1 Å². The summed E-state index contributed by atoms with van der Waals surface area (Å²) in [6, 6.07) is 18.5. The number of likely N-dealkylation sites (N-methyl/N-ethyl adjacent to an activating group) is 1. The highest BCUT2D eigenvalue weighted by atomic mass is 16.5. The van der Waals surface area contributed by atoms with E-state index in [0.29, 0.717) is 13.0 Å². The van der Waals surface area contributed by atoms with E-state index in [2.05, 4.69) is 64.8 Å². The Hall–Kier alpha value is -4.10. The quantitative estimate of drug-likeness (QED) is 0.252. The lowest BCUT2D eigenvalue weighted by Crippen LogP contribution is -2.28. The maximum atomic E-state index is 12.2. The van der Waals surface area contributed by atoms with Crippen molar-refractivity contribution in [3.8, 4) is 22.6 Å². The molecule has 0 saturated carbocycles. The molecule has 2 aromatic heterocycles. The first-order valence-electron chi connectivity index (χ1n) is 12.9. The van der Waals surface area contributed by atoms with E-state index in [0.717, 1.165) is 59.8 Å². The van der Waals surface area contributed by atoms with Crippen LogP contribution in [0.25, 0.3) is 22.9 Å². The van der Waals surface area contributed by atoms with Gasteiger partial charge in [0.15, 0.2) is 11.5 Å². The summed E-state index contributed by atoms with van der Waals surface area (Å²) in [5.74, 6) is 1.54. The second-order valence-electron chi connectivity index (χ2n) is 9.29. The number of pyridine rings is 1. The van der Waals surface area contributed by atoms with E-state index >= 15 is 0 Å². The number of rotatable bonds is 13. The number of carbonyl (C=O) groups is 1. The second kappa shape index (κ2) is 13.4. The predicted octanol–water partition coefficient (Wildman–Crippen LogP) is 5.10. The van der Waals surface area contributed by atoms with Crippen LogP contribution in [0.2, 0.25) is 0 Å². The molecule has 0 saturated heterocycles. The Morgan fingerprint density at radius 2 is 1.79 bits per heavy atom. The van der Waals surface area contributed by atoms with E-state index in [1.807, 2.05) is 40.9 Å². The highest BCUT2D eigenvalue weighted by molar-refractivity contribution is 5.78. The summed E-state index contributed by atoms with van der Waals surface area (Å²) in [5.41, 5.74) is 5.49. The van der Waals surface area contributed by atoms with Gasteiger partial charge in [0.2, 0.25) is 5.91 Å². The summed E-state index contributed by atoms with van der Waals surface area (Å²) >= 11 is 0. The van der Waals surface area contributed by atoms with Crippen LogP contribution >= 0.6 is 0 Å². The Kier molecular flexibility index (Phi) is 9.54. The van der Waals surface area contributed by atoms with Gasteiger partial charge >= 0.3 is 0 Å². The van der Waals surface area contributed by atoms with Crippen LogP contribution in [0.1, 0.15) is 24.0 Å². The van der Waals surface area contributed by atoms with Gasteiger partial charge in [-0.1, -0.05) is 42.5 Å². The van der Waals surface area contributed by atoms with E-state index in [4.69, 9.17) is 9.47 Å². The highest BCUT2D eigenvalue weighted by Gasteiger charge is 2.06. The van der Waals surface area contributed by atoms with Crippen LogP contribution in [0.5, 0.6) is 11.5 Å². The first kappa shape index (κ1) is 26.9. The first-order chi connectivity index (χ1) is 18.6. The molecule has 2 aromatic carbocycles. The SMILES string of the molecule is COc1ccc(CCN(C)CCCNC(=O)CC=Cc2ccc(-c3ccc4nccn4c3)cc2)cc1OC. The number of nitrogens with zero attached hydrogens (tertiary/aromatic N) is 3. The van der Waals surface area contributed by atoms with E-state index in [1.54, 1.807) is 20.4 Å². The largest absolute Gasteiger partial charge is 0.493 e.